The van der Waals surface area contributed by atoms with Crippen molar-refractivity contribution in [2.24, 2.45) is 0 Å². The van der Waals surface area contributed by atoms with Crippen molar-refractivity contribution >= 4 is 17.5 Å². The van der Waals surface area contributed by atoms with Crippen LogP contribution >= 0.6 is 11.6 Å². The first-order chi connectivity index (χ1) is 13.5. The number of aryl methyl sites for hydroxylation is 1. The molecular formula is C20H18ClF2N3O2. The van der Waals surface area contributed by atoms with Gasteiger partial charge < -0.3 is 9.84 Å². The van der Waals surface area contributed by atoms with Crippen LogP contribution in [0, 0.1) is 11.6 Å². The van der Waals surface area contributed by atoms with Gasteiger partial charge in [-0.05, 0) is 54.8 Å². The van der Waals surface area contributed by atoms with Crippen molar-refractivity contribution in [3.63, 3.8) is 0 Å². The summed E-state index contributed by atoms with van der Waals surface area (Å²) in [5.41, 5.74) is 1.30. The van der Waals surface area contributed by atoms with Gasteiger partial charge in [-0.15, -0.1) is 0 Å². The molecule has 28 heavy (non-hydrogen) atoms. The minimum atomic E-state index is -0.626. The normalized spacial score (nSPS) is 10.8. The molecule has 0 unspecified atom stereocenters. The fourth-order valence-electron chi connectivity index (χ4n) is 2.66. The third-order valence-electron chi connectivity index (χ3n) is 4.02. The van der Waals surface area contributed by atoms with Gasteiger partial charge in [-0.1, -0.05) is 16.8 Å². The third-order valence-corrected chi connectivity index (χ3v) is 4.28. The Kier molecular flexibility index (Phi) is 6.71. The van der Waals surface area contributed by atoms with E-state index in [1.807, 2.05) is 0 Å². The lowest BCUT2D eigenvalue weighted by Gasteiger charge is -2.05. The summed E-state index contributed by atoms with van der Waals surface area (Å²) in [5, 5.41) is 7.28. The largest absolute Gasteiger partial charge is 0.356 e. The van der Waals surface area contributed by atoms with E-state index in [0.29, 0.717) is 48.1 Å². The van der Waals surface area contributed by atoms with Gasteiger partial charge in [-0.25, -0.2) is 8.78 Å². The molecule has 8 heteroatoms. The van der Waals surface area contributed by atoms with Crippen molar-refractivity contribution in [3.05, 3.63) is 70.6 Å². The maximum absolute atomic E-state index is 13.1. The van der Waals surface area contributed by atoms with E-state index in [2.05, 4.69) is 15.5 Å². The van der Waals surface area contributed by atoms with Crippen molar-refractivity contribution < 1.29 is 18.1 Å². The summed E-state index contributed by atoms with van der Waals surface area (Å²) >= 11 is 5.85. The highest BCUT2D eigenvalue weighted by Crippen LogP contribution is 2.19. The van der Waals surface area contributed by atoms with E-state index in [-0.39, 0.29) is 12.3 Å². The molecule has 1 amide bonds. The number of carbonyl (C=O) groups is 1. The Bertz CT molecular complexity index is 925. The molecule has 146 valence electrons. The van der Waals surface area contributed by atoms with Crippen LogP contribution in [0.15, 0.2) is 47.0 Å². The second-order valence-electron chi connectivity index (χ2n) is 6.25. The molecule has 3 rings (SSSR count). The summed E-state index contributed by atoms with van der Waals surface area (Å²) in [6.45, 7) is 0.309. The van der Waals surface area contributed by atoms with Crippen molar-refractivity contribution in [2.75, 3.05) is 6.54 Å². The number of rotatable bonds is 8. The molecule has 5 nitrogen and oxygen atoms in total. The zero-order valence-electron chi connectivity index (χ0n) is 14.9. The Morgan fingerprint density at radius 3 is 2.50 bits per heavy atom. The second-order valence-corrected chi connectivity index (χ2v) is 6.69. The smallest absolute Gasteiger partial charge is 0.226 e. The summed E-state index contributed by atoms with van der Waals surface area (Å²) in [5.74, 6) is -0.474. The van der Waals surface area contributed by atoms with Crippen molar-refractivity contribution in [1.82, 2.24) is 15.5 Å². The number of hydrogen-bond donors (Lipinski definition) is 1. The maximum Gasteiger partial charge on any atom is 0.226 e. The number of halogens is 3. The molecule has 1 heterocycles. The van der Waals surface area contributed by atoms with Crippen LogP contribution in [-0.2, 0) is 17.6 Å². The summed E-state index contributed by atoms with van der Waals surface area (Å²) < 4.78 is 31.4. The van der Waals surface area contributed by atoms with E-state index in [0.717, 1.165) is 11.6 Å². The number of amides is 1. The monoisotopic (exact) mass is 405 g/mol. The molecule has 0 aliphatic heterocycles. The lowest BCUT2D eigenvalue weighted by molar-refractivity contribution is -0.121. The van der Waals surface area contributed by atoms with Gasteiger partial charge in [0.05, 0.1) is 0 Å². The van der Waals surface area contributed by atoms with E-state index >= 15 is 0 Å². The SMILES string of the molecule is O=C(CCCc1nc(-c2ccc(Cl)cc2)no1)NCCc1cc(F)cc(F)c1. The van der Waals surface area contributed by atoms with E-state index in [1.54, 1.807) is 24.3 Å². The van der Waals surface area contributed by atoms with Gasteiger partial charge in [0.15, 0.2) is 0 Å². The second kappa shape index (κ2) is 9.41. The summed E-state index contributed by atoms with van der Waals surface area (Å²) in [7, 11) is 0. The first-order valence-electron chi connectivity index (χ1n) is 8.80. The Hall–Kier alpha value is -2.80. The van der Waals surface area contributed by atoms with Gasteiger partial charge in [-0.3, -0.25) is 4.79 Å². The van der Waals surface area contributed by atoms with Gasteiger partial charge in [-0.2, -0.15) is 4.98 Å². The standard InChI is InChI=1S/C20H18ClF2N3O2/c21-15-6-4-14(5-7-15)20-25-19(28-26-20)3-1-2-18(27)24-9-8-13-10-16(22)12-17(23)11-13/h4-7,10-12H,1-3,8-9H2,(H,24,27). The van der Waals surface area contributed by atoms with Crippen LogP contribution in [0.5, 0.6) is 0 Å². The molecule has 0 fully saturated rings. The Labute approximate surface area is 165 Å². The molecule has 0 saturated carbocycles. The van der Waals surface area contributed by atoms with Crippen LogP contribution in [0.3, 0.4) is 0 Å². The van der Waals surface area contributed by atoms with E-state index in [9.17, 15) is 13.6 Å². The van der Waals surface area contributed by atoms with Gasteiger partial charge in [0.2, 0.25) is 17.6 Å². The number of nitrogens with zero attached hydrogens (tertiary/aromatic N) is 2. The number of nitrogens with one attached hydrogen (secondary N) is 1. The lowest BCUT2D eigenvalue weighted by atomic mass is 10.1. The van der Waals surface area contributed by atoms with Crippen LogP contribution in [-0.4, -0.2) is 22.6 Å². The predicted molar refractivity (Wildman–Crippen MR) is 101 cm³/mol. The predicted octanol–water partition coefficient (Wildman–Crippen LogP) is 4.35. The minimum absolute atomic E-state index is 0.144. The highest BCUT2D eigenvalue weighted by Gasteiger charge is 2.10. The van der Waals surface area contributed by atoms with Crippen molar-refractivity contribution in [1.29, 1.82) is 0 Å². The fraction of sp³-hybridized carbons (Fsp3) is 0.250. The molecule has 3 aromatic rings. The molecule has 0 radical (unpaired) electrons. The van der Waals surface area contributed by atoms with Crippen LogP contribution in [0.1, 0.15) is 24.3 Å². The zero-order valence-corrected chi connectivity index (χ0v) is 15.7. The van der Waals surface area contributed by atoms with Gasteiger partial charge in [0.1, 0.15) is 11.6 Å². The van der Waals surface area contributed by atoms with E-state index in [4.69, 9.17) is 16.1 Å². The van der Waals surface area contributed by atoms with Gasteiger partial charge in [0.25, 0.3) is 0 Å². The quantitative estimate of drug-likeness (QED) is 0.605. The molecule has 0 saturated heterocycles. The van der Waals surface area contributed by atoms with Gasteiger partial charge >= 0.3 is 0 Å². The number of aromatic nitrogens is 2. The van der Waals surface area contributed by atoms with E-state index < -0.39 is 11.6 Å². The molecular weight excluding hydrogens is 388 g/mol. The summed E-state index contributed by atoms with van der Waals surface area (Å²) in [6, 6.07) is 10.4. The van der Waals surface area contributed by atoms with Crippen LogP contribution in [0.2, 0.25) is 5.02 Å². The highest BCUT2D eigenvalue weighted by atomic mass is 35.5. The van der Waals surface area contributed by atoms with Crippen LogP contribution in [0.25, 0.3) is 11.4 Å². The summed E-state index contributed by atoms with van der Waals surface area (Å²) in [6.07, 6.45) is 1.66. The lowest BCUT2D eigenvalue weighted by Crippen LogP contribution is -2.25. The molecule has 0 atom stereocenters. The van der Waals surface area contributed by atoms with Crippen LogP contribution in [0.4, 0.5) is 8.78 Å². The maximum atomic E-state index is 13.1. The Balaban J connectivity index is 1.39. The van der Waals surface area contributed by atoms with Crippen molar-refractivity contribution in [2.45, 2.75) is 25.7 Å². The highest BCUT2D eigenvalue weighted by molar-refractivity contribution is 6.30. The molecule has 2 aromatic carbocycles. The molecule has 1 N–H and O–H groups in total. The van der Waals surface area contributed by atoms with E-state index in [1.165, 1.54) is 12.1 Å². The first kappa shape index (κ1) is 19.9. The molecule has 0 bridgehead atoms. The number of carbonyl (C=O) groups excluding carboxylic acids is 1. The van der Waals surface area contributed by atoms with Crippen LogP contribution < -0.4 is 5.32 Å². The zero-order chi connectivity index (χ0) is 19.9. The molecule has 1 aromatic heterocycles. The summed E-state index contributed by atoms with van der Waals surface area (Å²) in [4.78, 5) is 16.2. The molecule has 0 spiro atoms. The molecule has 0 aliphatic rings. The van der Waals surface area contributed by atoms with Gasteiger partial charge in [0, 0.05) is 36.0 Å². The average molecular weight is 406 g/mol. The minimum Gasteiger partial charge on any atom is -0.356 e. The fourth-order valence-corrected chi connectivity index (χ4v) is 2.79. The van der Waals surface area contributed by atoms with Crippen molar-refractivity contribution in [3.8, 4) is 11.4 Å². The third kappa shape index (κ3) is 5.85. The Morgan fingerprint density at radius 2 is 1.79 bits per heavy atom. The average Bonchev–Trinajstić information content (AvgIpc) is 3.10. The first-order valence-corrected chi connectivity index (χ1v) is 9.17. The topological polar surface area (TPSA) is 68.0 Å². The number of benzene rings is 2. The Morgan fingerprint density at radius 1 is 1.07 bits per heavy atom. The number of hydrogen-bond acceptors (Lipinski definition) is 4. The molecule has 0 aliphatic carbocycles.